The van der Waals surface area contributed by atoms with Crippen molar-refractivity contribution in [3.63, 3.8) is 0 Å². The van der Waals surface area contributed by atoms with Crippen LogP contribution in [0, 0.1) is 12.7 Å². The van der Waals surface area contributed by atoms with Gasteiger partial charge in [-0.15, -0.1) is 0 Å². The lowest BCUT2D eigenvalue weighted by atomic mass is 10.1. The molecule has 2 rings (SSSR count). The van der Waals surface area contributed by atoms with Gasteiger partial charge in [-0.05, 0) is 43.2 Å². The van der Waals surface area contributed by atoms with E-state index >= 15 is 0 Å². The number of nitrogens with one attached hydrogen (secondary N) is 1. The van der Waals surface area contributed by atoms with Gasteiger partial charge in [0.15, 0.2) is 0 Å². The minimum atomic E-state index is -0.501. The van der Waals surface area contributed by atoms with Gasteiger partial charge in [-0.25, -0.2) is 4.39 Å². The molecular formula is C16H17FN2O2. The molecule has 0 saturated carbocycles. The Labute approximate surface area is 122 Å². The summed E-state index contributed by atoms with van der Waals surface area (Å²) in [6.45, 7) is 1.64. The highest BCUT2D eigenvalue weighted by molar-refractivity contribution is 6.04. The van der Waals surface area contributed by atoms with Gasteiger partial charge in [-0.2, -0.15) is 0 Å². The zero-order valence-corrected chi connectivity index (χ0v) is 11.7. The highest BCUT2D eigenvalue weighted by Crippen LogP contribution is 2.19. The van der Waals surface area contributed by atoms with Crippen molar-refractivity contribution in [2.75, 3.05) is 17.7 Å². The number of halogens is 1. The smallest absolute Gasteiger partial charge is 0.255 e. The molecule has 4 N–H and O–H groups in total. The molecule has 0 fully saturated rings. The third kappa shape index (κ3) is 3.58. The molecule has 0 aliphatic rings. The maximum atomic E-state index is 13.6. The maximum Gasteiger partial charge on any atom is 0.255 e. The van der Waals surface area contributed by atoms with Gasteiger partial charge in [0.05, 0.1) is 0 Å². The molecule has 1 amide bonds. The molecule has 0 saturated heterocycles. The first-order valence-corrected chi connectivity index (χ1v) is 6.58. The number of aliphatic hydroxyl groups excluding tert-OH is 1. The number of hydrogen-bond acceptors (Lipinski definition) is 3. The van der Waals surface area contributed by atoms with E-state index in [1.54, 1.807) is 19.1 Å². The first-order chi connectivity index (χ1) is 10.0. The van der Waals surface area contributed by atoms with E-state index < -0.39 is 11.7 Å². The molecule has 2 aromatic carbocycles. The summed E-state index contributed by atoms with van der Waals surface area (Å²) in [6.07, 6.45) is 0.563. The molecule has 0 aliphatic carbocycles. The van der Waals surface area contributed by atoms with Gasteiger partial charge in [-0.3, -0.25) is 4.79 Å². The fourth-order valence-corrected chi connectivity index (χ4v) is 1.92. The number of amides is 1. The average molecular weight is 288 g/mol. The van der Waals surface area contributed by atoms with E-state index in [0.717, 1.165) is 5.56 Å². The molecule has 0 heterocycles. The molecule has 0 spiro atoms. The molecule has 0 atom stereocenters. The van der Waals surface area contributed by atoms with Crippen LogP contribution in [0.2, 0.25) is 0 Å². The van der Waals surface area contributed by atoms with Crippen molar-refractivity contribution >= 4 is 17.3 Å². The van der Waals surface area contributed by atoms with Crippen LogP contribution in [0.4, 0.5) is 15.8 Å². The monoisotopic (exact) mass is 288 g/mol. The van der Waals surface area contributed by atoms with Crippen LogP contribution in [0.5, 0.6) is 0 Å². The minimum absolute atomic E-state index is 0.0770. The second-order valence-corrected chi connectivity index (χ2v) is 4.80. The molecule has 0 unspecified atom stereocenters. The summed E-state index contributed by atoms with van der Waals surface area (Å²) in [7, 11) is 0. The van der Waals surface area contributed by atoms with Crippen LogP contribution < -0.4 is 11.1 Å². The molecule has 0 radical (unpaired) electrons. The number of carbonyl (C=O) groups is 1. The topological polar surface area (TPSA) is 75.4 Å². The summed E-state index contributed by atoms with van der Waals surface area (Å²) >= 11 is 0. The van der Waals surface area contributed by atoms with Crippen molar-refractivity contribution in [2.24, 2.45) is 0 Å². The summed E-state index contributed by atoms with van der Waals surface area (Å²) in [5.41, 5.74) is 7.99. The number of benzene rings is 2. The third-order valence-electron chi connectivity index (χ3n) is 3.26. The Balaban J connectivity index is 2.14. The van der Waals surface area contributed by atoms with Gasteiger partial charge in [0.25, 0.3) is 5.91 Å². The summed E-state index contributed by atoms with van der Waals surface area (Å²) in [4.78, 5) is 12.1. The Kier molecular flexibility index (Phi) is 4.55. The first kappa shape index (κ1) is 15.0. The number of rotatable bonds is 4. The quantitative estimate of drug-likeness (QED) is 0.757. The zero-order chi connectivity index (χ0) is 15.4. The van der Waals surface area contributed by atoms with Crippen molar-refractivity contribution < 1.29 is 14.3 Å². The van der Waals surface area contributed by atoms with Gasteiger partial charge in [-0.1, -0.05) is 12.1 Å². The predicted octanol–water partition coefficient (Wildman–Crippen LogP) is 2.50. The number of nitrogens with two attached hydrogens (primary N) is 1. The molecule has 0 bridgehead atoms. The molecular weight excluding hydrogens is 271 g/mol. The average Bonchev–Trinajstić information content (AvgIpc) is 2.46. The fraction of sp³-hybridized carbons (Fsp3) is 0.188. The van der Waals surface area contributed by atoms with Gasteiger partial charge < -0.3 is 16.2 Å². The lowest BCUT2D eigenvalue weighted by molar-refractivity contribution is 0.102. The lowest BCUT2D eigenvalue weighted by Crippen LogP contribution is -2.13. The number of hydrogen-bond donors (Lipinski definition) is 3. The number of carbonyl (C=O) groups excluding carboxylic acids is 1. The molecule has 110 valence electrons. The van der Waals surface area contributed by atoms with E-state index in [-0.39, 0.29) is 17.9 Å². The lowest BCUT2D eigenvalue weighted by Gasteiger charge is -2.09. The Bertz CT molecular complexity index is 631. The van der Waals surface area contributed by atoms with Crippen LogP contribution in [-0.4, -0.2) is 17.6 Å². The minimum Gasteiger partial charge on any atom is -0.398 e. The zero-order valence-electron chi connectivity index (χ0n) is 11.7. The third-order valence-corrected chi connectivity index (χ3v) is 3.26. The summed E-state index contributed by atoms with van der Waals surface area (Å²) in [5.74, 6) is -0.922. The van der Waals surface area contributed by atoms with Crippen LogP contribution in [0.15, 0.2) is 36.4 Å². The van der Waals surface area contributed by atoms with Gasteiger partial charge in [0.1, 0.15) is 5.82 Å². The van der Waals surface area contributed by atoms with Crippen molar-refractivity contribution in [1.82, 2.24) is 0 Å². The van der Waals surface area contributed by atoms with Crippen molar-refractivity contribution in [2.45, 2.75) is 13.3 Å². The Hall–Kier alpha value is -2.40. The first-order valence-electron chi connectivity index (χ1n) is 6.58. The molecule has 5 heteroatoms. The fourth-order valence-electron chi connectivity index (χ4n) is 1.92. The Morgan fingerprint density at radius 1 is 1.29 bits per heavy atom. The van der Waals surface area contributed by atoms with E-state index in [4.69, 9.17) is 10.8 Å². The Morgan fingerprint density at radius 2 is 1.95 bits per heavy atom. The SMILES string of the molecule is Cc1c(N)cc(C(=O)Nc2ccc(CCO)cc2)cc1F. The van der Waals surface area contributed by atoms with Gasteiger partial charge in [0, 0.05) is 29.1 Å². The standard InChI is InChI=1S/C16H17FN2O2/c1-10-14(17)8-12(9-15(10)18)16(21)19-13-4-2-11(3-5-13)6-7-20/h2-5,8-9,20H,6-7,18H2,1H3,(H,19,21). The Morgan fingerprint density at radius 3 is 2.52 bits per heavy atom. The van der Waals surface area contributed by atoms with E-state index in [9.17, 15) is 9.18 Å². The van der Waals surface area contributed by atoms with Crippen LogP contribution in [0.25, 0.3) is 0 Å². The summed E-state index contributed by atoms with van der Waals surface area (Å²) in [6, 6.07) is 9.72. The van der Waals surface area contributed by atoms with Gasteiger partial charge >= 0.3 is 0 Å². The second-order valence-electron chi connectivity index (χ2n) is 4.80. The molecule has 0 aliphatic heterocycles. The van der Waals surface area contributed by atoms with Crippen molar-refractivity contribution in [3.8, 4) is 0 Å². The van der Waals surface area contributed by atoms with Crippen molar-refractivity contribution in [3.05, 3.63) is 58.9 Å². The number of aliphatic hydroxyl groups is 1. The van der Waals surface area contributed by atoms with Crippen LogP contribution in [0.1, 0.15) is 21.5 Å². The number of anilines is 2. The van der Waals surface area contributed by atoms with E-state index in [1.165, 1.54) is 12.1 Å². The van der Waals surface area contributed by atoms with Crippen molar-refractivity contribution in [1.29, 1.82) is 0 Å². The van der Waals surface area contributed by atoms with Crippen LogP contribution in [-0.2, 0) is 6.42 Å². The maximum absolute atomic E-state index is 13.6. The predicted molar refractivity (Wildman–Crippen MR) is 80.7 cm³/mol. The van der Waals surface area contributed by atoms with E-state index in [0.29, 0.717) is 17.7 Å². The van der Waals surface area contributed by atoms with Crippen LogP contribution in [0.3, 0.4) is 0 Å². The van der Waals surface area contributed by atoms with E-state index in [2.05, 4.69) is 5.32 Å². The van der Waals surface area contributed by atoms with E-state index in [1.807, 2.05) is 12.1 Å². The summed E-state index contributed by atoms with van der Waals surface area (Å²) < 4.78 is 13.6. The number of nitrogen functional groups attached to an aromatic ring is 1. The normalized spacial score (nSPS) is 10.4. The highest BCUT2D eigenvalue weighted by Gasteiger charge is 2.11. The largest absolute Gasteiger partial charge is 0.398 e. The molecule has 4 nitrogen and oxygen atoms in total. The summed E-state index contributed by atoms with van der Waals surface area (Å²) in [5, 5.41) is 11.5. The molecule has 21 heavy (non-hydrogen) atoms. The second kappa shape index (κ2) is 6.37. The van der Waals surface area contributed by atoms with Gasteiger partial charge in [0.2, 0.25) is 0 Å². The molecule has 0 aromatic heterocycles. The highest BCUT2D eigenvalue weighted by atomic mass is 19.1. The molecule has 2 aromatic rings. The van der Waals surface area contributed by atoms with Crippen LogP contribution >= 0.6 is 0 Å².